The van der Waals surface area contributed by atoms with Gasteiger partial charge in [-0.15, -0.1) is 0 Å². The Bertz CT molecular complexity index is 566. The van der Waals surface area contributed by atoms with Crippen LogP contribution in [0, 0.1) is 11.6 Å². The van der Waals surface area contributed by atoms with Gasteiger partial charge in [-0.1, -0.05) is 13.0 Å². The van der Waals surface area contributed by atoms with Crippen molar-refractivity contribution in [3.8, 4) is 0 Å². The van der Waals surface area contributed by atoms with Crippen LogP contribution in [0.5, 0.6) is 0 Å². The fraction of sp³-hybridized carbons (Fsp3) is 0.400. The smallest absolute Gasteiger partial charge is 0.129 e. The zero-order chi connectivity index (χ0) is 14.5. The maximum atomic E-state index is 13.7. The molecule has 0 saturated carbocycles. The first-order valence-corrected chi connectivity index (χ1v) is 6.78. The molecule has 1 atom stereocenters. The van der Waals surface area contributed by atoms with E-state index in [1.165, 1.54) is 12.1 Å². The second-order valence-corrected chi connectivity index (χ2v) is 4.76. The SMILES string of the molecule is CCCn1ccnc1C(Cc1ccc(F)cc1F)NC. The summed E-state index contributed by atoms with van der Waals surface area (Å²) in [5, 5.41) is 3.15. The number of imidazole rings is 1. The topological polar surface area (TPSA) is 29.9 Å². The Hall–Kier alpha value is -1.75. The van der Waals surface area contributed by atoms with E-state index in [2.05, 4.69) is 21.8 Å². The Morgan fingerprint density at radius 2 is 2.15 bits per heavy atom. The van der Waals surface area contributed by atoms with Crippen molar-refractivity contribution in [3.63, 3.8) is 0 Å². The first kappa shape index (κ1) is 14.7. The molecule has 0 saturated heterocycles. The molecule has 3 nitrogen and oxygen atoms in total. The first-order chi connectivity index (χ1) is 9.65. The molecule has 2 aromatic rings. The van der Waals surface area contributed by atoms with Crippen molar-refractivity contribution < 1.29 is 8.78 Å². The second-order valence-electron chi connectivity index (χ2n) is 4.76. The molecule has 1 aromatic heterocycles. The van der Waals surface area contributed by atoms with Crippen LogP contribution in [0.25, 0.3) is 0 Å². The van der Waals surface area contributed by atoms with E-state index in [9.17, 15) is 8.78 Å². The molecule has 2 rings (SSSR count). The van der Waals surface area contributed by atoms with Gasteiger partial charge in [0.15, 0.2) is 0 Å². The van der Waals surface area contributed by atoms with Gasteiger partial charge in [-0.05, 0) is 31.5 Å². The lowest BCUT2D eigenvalue weighted by molar-refractivity contribution is 0.497. The summed E-state index contributed by atoms with van der Waals surface area (Å²) < 4.78 is 28.7. The molecular formula is C15H19F2N3. The molecule has 0 aliphatic rings. The third-order valence-corrected chi connectivity index (χ3v) is 3.31. The van der Waals surface area contributed by atoms with Crippen LogP contribution in [0.4, 0.5) is 8.78 Å². The largest absolute Gasteiger partial charge is 0.334 e. The van der Waals surface area contributed by atoms with Crippen LogP contribution in [-0.2, 0) is 13.0 Å². The summed E-state index contributed by atoms with van der Waals surface area (Å²) >= 11 is 0. The quantitative estimate of drug-likeness (QED) is 0.880. The van der Waals surface area contributed by atoms with Crippen molar-refractivity contribution >= 4 is 0 Å². The first-order valence-electron chi connectivity index (χ1n) is 6.78. The van der Waals surface area contributed by atoms with Gasteiger partial charge in [0.25, 0.3) is 0 Å². The molecule has 0 bridgehead atoms. The van der Waals surface area contributed by atoms with Crippen molar-refractivity contribution in [2.45, 2.75) is 32.4 Å². The van der Waals surface area contributed by atoms with Gasteiger partial charge >= 0.3 is 0 Å². The highest BCUT2D eigenvalue weighted by molar-refractivity contribution is 5.21. The Morgan fingerprint density at radius 1 is 1.35 bits per heavy atom. The van der Waals surface area contributed by atoms with Crippen molar-refractivity contribution in [1.29, 1.82) is 0 Å². The number of aryl methyl sites for hydroxylation is 1. The molecule has 0 amide bonds. The summed E-state index contributed by atoms with van der Waals surface area (Å²) in [6.45, 7) is 2.97. The minimum Gasteiger partial charge on any atom is -0.334 e. The molecule has 1 heterocycles. The number of likely N-dealkylation sites (N-methyl/N-ethyl adjacent to an activating group) is 1. The number of benzene rings is 1. The summed E-state index contributed by atoms with van der Waals surface area (Å²) in [5.74, 6) is -0.198. The van der Waals surface area contributed by atoms with Crippen LogP contribution in [0.1, 0.15) is 30.8 Å². The highest BCUT2D eigenvalue weighted by atomic mass is 19.1. The van der Waals surface area contributed by atoms with Crippen LogP contribution in [-0.4, -0.2) is 16.6 Å². The van der Waals surface area contributed by atoms with E-state index in [1.54, 1.807) is 6.20 Å². The average Bonchev–Trinajstić information content (AvgIpc) is 2.87. The molecule has 0 spiro atoms. The third kappa shape index (κ3) is 3.22. The number of nitrogens with zero attached hydrogens (tertiary/aromatic N) is 2. The Kier molecular flexibility index (Phi) is 4.84. The standard InChI is InChI=1S/C15H19F2N3/c1-3-7-20-8-6-19-15(20)14(18-2)9-11-4-5-12(16)10-13(11)17/h4-6,8,10,14,18H,3,7,9H2,1-2H3. The Morgan fingerprint density at radius 3 is 2.80 bits per heavy atom. The molecule has 5 heteroatoms. The number of halogens is 2. The van der Waals surface area contributed by atoms with Gasteiger partial charge in [-0.2, -0.15) is 0 Å². The summed E-state index contributed by atoms with van der Waals surface area (Å²) in [4.78, 5) is 4.35. The molecule has 0 radical (unpaired) electrons. The van der Waals surface area contributed by atoms with Crippen molar-refractivity contribution in [2.75, 3.05) is 7.05 Å². The van der Waals surface area contributed by atoms with Crippen molar-refractivity contribution in [1.82, 2.24) is 14.9 Å². The number of hydrogen-bond acceptors (Lipinski definition) is 2. The van der Waals surface area contributed by atoms with Crippen LogP contribution >= 0.6 is 0 Å². The second kappa shape index (κ2) is 6.61. The Labute approximate surface area is 117 Å². The maximum absolute atomic E-state index is 13.7. The molecule has 0 fully saturated rings. The van der Waals surface area contributed by atoms with Crippen LogP contribution in [0.2, 0.25) is 0 Å². The van der Waals surface area contributed by atoms with E-state index in [0.29, 0.717) is 12.0 Å². The molecule has 108 valence electrons. The van der Waals surface area contributed by atoms with Gasteiger partial charge in [0, 0.05) is 25.0 Å². The van der Waals surface area contributed by atoms with Crippen LogP contribution in [0.3, 0.4) is 0 Å². The zero-order valence-corrected chi connectivity index (χ0v) is 11.7. The van der Waals surface area contributed by atoms with Crippen molar-refractivity contribution in [3.05, 3.63) is 53.6 Å². The molecule has 0 aliphatic heterocycles. The van der Waals surface area contributed by atoms with Crippen LogP contribution in [0.15, 0.2) is 30.6 Å². The van der Waals surface area contributed by atoms with Gasteiger partial charge in [-0.3, -0.25) is 0 Å². The van der Waals surface area contributed by atoms with Gasteiger partial charge in [0.2, 0.25) is 0 Å². The molecule has 1 unspecified atom stereocenters. The van der Waals surface area contributed by atoms with Crippen LogP contribution < -0.4 is 5.32 Å². The Balaban J connectivity index is 2.22. The number of nitrogens with one attached hydrogen (secondary N) is 1. The van der Waals surface area contributed by atoms with Crippen molar-refractivity contribution in [2.24, 2.45) is 0 Å². The minimum absolute atomic E-state index is 0.100. The van der Waals surface area contributed by atoms with E-state index in [-0.39, 0.29) is 6.04 Å². The zero-order valence-electron chi connectivity index (χ0n) is 11.7. The van der Waals surface area contributed by atoms with Gasteiger partial charge in [-0.25, -0.2) is 13.8 Å². The lowest BCUT2D eigenvalue weighted by atomic mass is 10.0. The van der Waals surface area contributed by atoms with Gasteiger partial charge in [0.1, 0.15) is 17.5 Å². The lowest BCUT2D eigenvalue weighted by Crippen LogP contribution is -2.23. The number of aromatic nitrogens is 2. The minimum atomic E-state index is -0.556. The maximum Gasteiger partial charge on any atom is 0.129 e. The van der Waals surface area contributed by atoms with E-state index < -0.39 is 11.6 Å². The van der Waals surface area contributed by atoms with Gasteiger partial charge < -0.3 is 9.88 Å². The van der Waals surface area contributed by atoms with E-state index in [4.69, 9.17) is 0 Å². The fourth-order valence-corrected chi connectivity index (χ4v) is 2.29. The molecule has 0 aliphatic carbocycles. The highest BCUT2D eigenvalue weighted by Gasteiger charge is 2.17. The molecule has 20 heavy (non-hydrogen) atoms. The van der Waals surface area contributed by atoms with Gasteiger partial charge in [0.05, 0.1) is 6.04 Å². The number of rotatable bonds is 6. The summed E-state index contributed by atoms with van der Waals surface area (Å²) in [7, 11) is 1.82. The van der Waals surface area contributed by atoms with E-state index in [0.717, 1.165) is 24.9 Å². The monoisotopic (exact) mass is 279 g/mol. The lowest BCUT2D eigenvalue weighted by Gasteiger charge is -2.18. The third-order valence-electron chi connectivity index (χ3n) is 3.31. The molecule has 1 aromatic carbocycles. The summed E-state index contributed by atoms with van der Waals surface area (Å²) in [6, 6.07) is 3.59. The molecule has 1 N–H and O–H groups in total. The van der Waals surface area contributed by atoms with E-state index >= 15 is 0 Å². The highest BCUT2D eigenvalue weighted by Crippen LogP contribution is 2.20. The number of hydrogen-bond donors (Lipinski definition) is 1. The molecular weight excluding hydrogens is 260 g/mol. The predicted molar refractivity (Wildman–Crippen MR) is 74.4 cm³/mol. The normalized spacial score (nSPS) is 12.6. The summed E-state index contributed by atoms with van der Waals surface area (Å²) in [5.41, 5.74) is 0.483. The predicted octanol–water partition coefficient (Wildman–Crippen LogP) is 3.07. The van der Waals surface area contributed by atoms with E-state index in [1.807, 2.05) is 13.2 Å². The summed E-state index contributed by atoms with van der Waals surface area (Å²) in [6.07, 6.45) is 5.11. The fourth-order valence-electron chi connectivity index (χ4n) is 2.29. The average molecular weight is 279 g/mol.